The van der Waals surface area contributed by atoms with E-state index in [0.29, 0.717) is 0 Å². The fraction of sp³-hybridized carbons (Fsp3) is 0.636. The topological polar surface area (TPSA) is 37.8 Å². The Bertz CT molecular complexity index is 331. The highest BCUT2D eigenvalue weighted by Gasteiger charge is 2.17. The molecule has 0 spiro atoms. The normalized spacial score (nSPS) is 11.5. The second kappa shape index (κ2) is 4.84. The Hall–Kier alpha value is -0.770. The van der Waals surface area contributed by atoms with Gasteiger partial charge in [-0.2, -0.15) is 0 Å². The molecule has 1 heterocycles. The van der Waals surface area contributed by atoms with E-state index in [4.69, 9.17) is 0 Å². The summed E-state index contributed by atoms with van der Waals surface area (Å²) >= 11 is 1.79. The molecular weight excluding hydrogens is 206 g/mol. The fourth-order valence-corrected chi connectivity index (χ4v) is 2.35. The molecule has 0 aliphatic heterocycles. The monoisotopic (exact) mass is 225 g/mol. The highest BCUT2D eigenvalue weighted by molar-refractivity contribution is 8.00. The second-order valence-electron chi connectivity index (χ2n) is 4.32. The predicted octanol–water partition coefficient (Wildman–Crippen LogP) is 2.97. The molecule has 0 unspecified atom stereocenters. The van der Waals surface area contributed by atoms with Gasteiger partial charge in [0.15, 0.2) is 0 Å². The molecule has 0 aliphatic rings. The van der Waals surface area contributed by atoms with Crippen LogP contribution in [0.25, 0.3) is 0 Å². The lowest BCUT2D eigenvalue weighted by molar-refractivity contribution is 0.795. The van der Waals surface area contributed by atoms with E-state index in [0.717, 1.165) is 17.3 Å². The summed E-state index contributed by atoms with van der Waals surface area (Å²) in [6, 6.07) is 0. The molecule has 0 amide bonds. The van der Waals surface area contributed by atoms with Gasteiger partial charge in [-0.25, -0.2) is 9.97 Å². The Morgan fingerprint density at radius 3 is 2.47 bits per heavy atom. The molecule has 4 heteroatoms. The first-order valence-corrected chi connectivity index (χ1v) is 6.00. The minimum absolute atomic E-state index is 0.184. The summed E-state index contributed by atoms with van der Waals surface area (Å²) in [6.45, 7) is 8.71. The lowest BCUT2D eigenvalue weighted by atomic mass is 10.2. The molecular formula is C11H19N3S. The Morgan fingerprint density at radius 2 is 2.00 bits per heavy atom. The van der Waals surface area contributed by atoms with Crippen molar-refractivity contribution in [2.24, 2.45) is 0 Å². The third kappa shape index (κ3) is 3.38. The molecule has 1 aromatic heterocycles. The van der Waals surface area contributed by atoms with Crippen molar-refractivity contribution >= 4 is 17.6 Å². The minimum atomic E-state index is 0.184. The van der Waals surface area contributed by atoms with Crippen molar-refractivity contribution in [1.29, 1.82) is 0 Å². The molecule has 0 atom stereocenters. The molecule has 0 aliphatic carbocycles. The Morgan fingerprint density at radius 1 is 1.33 bits per heavy atom. The number of nitrogens with one attached hydrogen (secondary N) is 1. The van der Waals surface area contributed by atoms with Gasteiger partial charge in [0, 0.05) is 17.4 Å². The van der Waals surface area contributed by atoms with E-state index < -0.39 is 0 Å². The molecule has 0 saturated carbocycles. The standard InChI is InChI=1S/C11H19N3S/c1-6-8-9(12-5)13-7-14-10(8)15-11(2,3)4/h7H,6H2,1-5H3,(H,12,13,14). The van der Waals surface area contributed by atoms with Crippen LogP contribution in [0.4, 0.5) is 5.82 Å². The number of nitrogens with zero attached hydrogens (tertiary/aromatic N) is 2. The maximum Gasteiger partial charge on any atom is 0.133 e. The van der Waals surface area contributed by atoms with Crippen molar-refractivity contribution < 1.29 is 0 Å². The first-order valence-electron chi connectivity index (χ1n) is 5.18. The molecule has 84 valence electrons. The summed E-state index contributed by atoms with van der Waals surface area (Å²) in [4.78, 5) is 8.58. The highest BCUT2D eigenvalue weighted by Crippen LogP contribution is 2.34. The van der Waals surface area contributed by atoms with Crippen molar-refractivity contribution in [3.63, 3.8) is 0 Å². The zero-order chi connectivity index (χ0) is 11.5. The zero-order valence-electron chi connectivity index (χ0n) is 10.1. The molecule has 1 aromatic rings. The summed E-state index contributed by atoms with van der Waals surface area (Å²) in [5.41, 5.74) is 1.21. The van der Waals surface area contributed by atoms with Gasteiger partial charge in [-0.15, -0.1) is 11.8 Å². The largest absolute Gasteiger partial charge is 0.373 e. The summed E-state index contributed by atoms with van der Waals surface area (Å²) in [6.07, 6.45) is 2.58. The minimum Gasteiger partial charge on any atom is -0.373 e. The van der Waals surface area contributed by atoms with Gasteiger partial charge in [0.25, 0.3) is 0 Å². The lowest BCUT2D eigenvalue weighted by Gasteiger charge is -2.19. The van der Waals surface area contributed by atoms with Crippen LogP contribution in [0, 0.1) is 0 Å². The van der Waals surface area contributed by atoms with Crippen LogP contribution < -0.4 is 5.32 Å². The second-order valence-corrected chi connectivity index (χ2v) is 6.14. The molecule has 0 saturated heterocycles. The van der Waals surface area contributed by atoms with E-state index in [2.05, 4.69) is 43.0 Å². The van der Waals surface area contributed by atoms with Crippen LogP contribution in [0.2, 0.25) is 0 Å². The van der Waals surface area contributed by atoms with Gasteiger partial charge >= 0.3 is 0 Å². The van der Waals surface area contributed by atoms with Gasteiger partial charge in [0.05, 0.1) is 0 Å². The van der Waals surface area contributed by atoms with Gasteiger partial charge in [-0.3, -0.25) is 0 Å². The number of anilines is 1. The van der Waals surface area contributed by atoms with Crippen molar-refractivity contribution in [2.75, 3.05) is 12.4 Å². The Labute approximate surface area is 96.1 Å². The molecule has 1 rings (SSSR count). The molecule has 1 N–H and O–H groups in total. The van der Waals surface area contributed by atoms with Crippen molar-refractivity contribution in [3.8, 4) is 0 Å². The van der Waals surface area contributed by atoms with Gasteiger partial charge in [-0.05, 0) is 6.42 Å². The number of aromatic nitrogens is 2. The van der Waals surface area contributed by atoms with Gasteiger partial charge in [0.2, 0.25) is 0 Å². The van der Waals surface area contributed by atoms with Gasteiger partial charge in [-0.1, -0.05) is 27.7 Å². The van der Waals surface area contributed by atoms with Crippen LogP contribution in [0.5, 0.6) is 0 Å². The smallest absolute Gasteiger partial charge is 0.133 e. The summed E-state index contributed by atoms with van der Waals surface area (Å²) in [7, 11) is 1.90. The summed E-state index contributed by atoms with van der Waals surface area (Å²) in [5.74, 6) is 0.944. The average molecular weight is 225 g/mol. The van der Waals surface area contributed by atoms with Crippen LogP contribution in [0.15, 0.2) is 11.4 Å². The van der Waals surface area contributed by atoms with Crippen molar-refractivity contribution in [2.45, 2.75) is 43.9 Å². The lowest BCUT2D eigenvalue weighted by Crippen LogP contribution is -2.10. The van der Waals surface area contributed by atoms with Crippen LogP contribution >= 0.6 is 11.8 Å². The average Bonchev–Trinajstić information content (AvgIpc) is 2.15. The fourth-order valence-electron chi connectivity index (χ4n) is 1.31. The van der Waals surface area contributed by atoms with Crippen LogP contribution in [-0.4, -0.2) is 21.8 Å². The van der Waals surface area contributed by atoms with E-state index in [-0.39, 0.29) is 4.75 Å². The number of hydrogen-bond donors (Lipinski definition) is 1. The first-order chi connectivity index (χ1) is 6.98. The van der Waals surface area contributed by atoms with E-state index in [9.17, 15) is 0 Å². The van der Waals surface area contributed by atoms with E-state index in [1.165, 1.54) is 5.56 Å². The predicted molar refractivity (Wildman–Crippen MR) is 66.6 cm³/mol. The van der Waals surface area contributed by atoms with Crippen LogP contribution in [0.1, 0.15) is 33.3 Å². The van der Waals surface area contributed by atoms with Gasteiger partial charge < -0.3 is 5.32 Å². The zero-order valence-corrected chi connectivity index (χ0v) is 10.9. The molecule has 3 nitrogen and oxygen atoms in total. The quantitative estimate of drug-likeness (QED) is 0.634. The van der Waals surface area contributed by atoms with E-state index >= 15 is 0 Å². The summed E-state index contributed by atoms with van der Waals surface area (Å²) < 4.78 is 0.184. The van der Waals surface area contributed by atoms with Gasteiger partial charge in [0.1, 0.15) is 17.2 Å². The maximum atomic E-state index is 4.36. The van der Waals surface area contributed by atoms with Crippen LogP contribution in [0.3, 0.4) is 0 Å². The molecule has 0 aromatic carbocycles. The molecule has 0 radical (unpaired) electrons. The number of thioether (sulfide) groups is 1. The number of rotatable bonds is 3. The molecule has 0 bridgehead atoms. The summed E-state index contributed by atoms with van der Waals surface area (Å²) in [5, 5.41) is 4.20. The highest BCUT2D eigenvalue weighted by atomic mass is 32.2. The third-order valence-corrected chi connectivity index (χ3v) is 3.06. The molecule has 15 heavy (non-hydrogen) atoms. The molecule has 0 fully saturated rings. The van der Waals surface area contributed by atoms with Crippen molar-refractivity contribution in [3.05, 3.63) is 11.9 Å². The first kappa shape index (κ1) is 12.3. The maximum absolute atomic E-state index is 4.36. The number of hydrogen-bond acceptors (Lipinski definition) is 4. The SMILES string of the molecule is CCc1c(NC)ncnc1SC(C)(C)C. The van der Waals surface area contributed by atoms with Crippen molar-refractivity contribution in [1.82, 2.24) is 9.97 Å². The Kier molecular flexibility index (Phi) is 3.97. The third-order valence-electron chi connectivity index (χ3n) is 1.90. The van der Waals surface area contributed by atoms with E-state index in [1.807, 2.05) is 7.05 Å². The van der Waals surface area contributed by atoms with E-state index in [1.54, 1.807) is 18.1 Å². The van der Waals surface area contributed by atoms with Crippen LogP contribution in [-0.2, 0) is 6.42 Å². The Balaban J connectivity index is 3.06.